The molecule has 0 bridgehead atoms. The molecule has 1 aliphatic heterocycles. The lowest BCUT2D eigenvalue weighted by atomic mass is 9.94. The van der Waals surface area contributed by atoms with E-state index in [4.69, 9.17) is 44.9 Å². The Morgan fingerprint density at radius 3 is 2.39 bits per heavy atom. The van der Waals surface area contributed by atoms with Crippen LogP contribution >= 0.6 is 46.6 Å². The molecule has 5 rings (SSSR count). The number of aryl methyl sites for hydroxylation is 1. The molecule has 2 heterocycles. The van der Waals surface area contributed by atoms with Crippen molar-refractivity contribution in [3.8, 4) is 0 Å². The zero-order chi connectivity index (χ0) is 27.0. The molecule has 194 valence electrons. The van der Waals surface area contributed by atoms with Crippen molar-refractivity contribution in [1.29, 1.82) is 0 Å². The smallest absolute Gasteiger partial charge is 0.255 e. The molecule has 2 N–H and O–H groups in total. The highest BCUT2D eigenvalue weighted by atomic mass is 35.5. The summed E-state index contributed by atoms with van der Waals surface area (Å²) in [5, 5.41) is 13.2. The first-order valence-corrected chi connectivity index (χ1v) is 14.0. The molecule has 0 spiro atoms. The lowest BCUT2D eigenvalue weighted by Gasteiger charge is -2.30. The van der Waals surface area contributed by atoms with E-state index in [0.717, 1.165) is 22.4 Å². The fourth-order valence-corrected chi connectivity index (χ4v) is 6.08. The largest absolute Gasteiger partial charge is 0.328 e. The van der Waals surface area contributed by atoms with Gasteiger partial charge in [0.15, 0.2) is 0 Å². The summed E-state index contributed by atoms with van der Waals surface area (Å²) < 4.78 is 1.67. The summed E-state index contributed by atoms with van der Waals surface area (Å²) in [5.41, 5.74) is 5.46. The van der Waals surface area contributed by atoms with Gasteiger partial charge in [0.1, 0.15) is 6.04 Å². The van der Waals surface area contributed by atoms with Crippen LogP contribution in [-0.2, 0) is 10.5 Å². The first kappa shape index (κ1) is 26.6. The molecule has 0 fully saturated rings. The van der Waals surface area contributed by atoms with E-state index in [1.807, 2.05) is 63.2 Å². The second-order valence-corrected chi connectivity index (χ2v) is 11.1. The van der Waals surface area contributed by atoms with E-state index >= 15 is 0 Å². The van der Waals surface area contributed by atoms with E-state index in [1.54, 1.807) is 22.9 Å². The second kappa shape index (κ2) is 11.0. The van der Waals surface area contributed by atoms with Gasteiger partial charge in [0, 0.05) is 37.8 Å². The van der Waals surface area contributed by atoms with Crippen molar-refractivity contribution in [3.63, 3.8) is 0 Å². The van der Waals surface area contributed by atoms with Crippen LogP contribution in [0.15, 0.2) is 77.1 Å². The van der Waals surface area contributed by atoms with Crippen LogP contribution in [0.5, 0.6) is 0 Å². The van der Waals surface area contributed by atoms with E-state index in [-0.39, 0.29) is 5.91 Å². The molecule has 6 nitrogen and oxygen atoms in total. The zero-order valence-electron chi connectivity index (χ0n) is 20.8. The molecule has 0 saturated heterocycles. The topological polar surface area (TPSA) is 71.8 Å². The van der Waals surface area contributed by atoms with Crippen molar-refractivity contribution in [2.45, 2.75) is 37.7 Å². The Morgan fingerprint density at radius 2 is 1.66 bits per heavy atom. The minimum absolute atomic E-state index is 0.281. The number of carbonyl (C=O) groups is 1. The highest BCUT2D eigenvalue weighted by molar-refractivity contribution is 7.98. The maximum Gasteiger partial charge on any atom is 0.255 e. The summed E-state index contributed by atoms with van der Waals surface area (Å²) in [5.74, 6) is 0.803. The summed E-state index contributed by atoms with van der Waals surface area (Å²) >= 11 is 21.1. The Balaban J connectivity index is 1.55. The number of allylic oxidation sites excluding steroid dienone is 1. The number of anilines is 2. The third-order valence-corrected chi connectivity index (χ3v) is 8.43. The van der Waals surface area contributed by atoms with Gasteiger partial charge in [0.25, 0.3) is 5.91 Å². The standard InChI is InChI=1S/C28H24Cl3N5OS/c1-15-8-6-13-22(16(15)2)33-26(37)23-17(3)32-27-34-28(38-14-18-9-4-5-10-19(18)29)35-36(27)25(23)24-20(30)11-7-12-21(24)31/h4-13,25H,14H2,1-3H3,(H,33,37)(H,32,34,35). The number of hydrogen-bond donors (Lipinski definition) is 2. The van der Waals surface area contributed by atoms with Gasteiger partial charge in [-0.1, -0.05) is 83.0 Å². The average Bonchev–Trinajstić information content (AvgIpc) is 3.28. The first-order chi connectivity index (χ1) is 18.2. The van der Waals surface area contributed by atoms with E-state index in [1.165, 1.54) is 11.8 Å². The van der Waals surface area contributed by atoms with Crippen LogP contribution in [0, 0.1) is 13.8 Å². The minimum atomic E-state index is -0.695. The molecule has 0 saturated carbocycles. The van der Waals surface area contributed by atoms with Crippen molar-refractivity contribution in [1.82, 2.24) is 14.8 Å². The number of carbonyl (C=O) groups excluding carboxylic acids is 1. The predicted molar refractivity (Wildman–Crippen MR) is 157 cm³/mol. The normalized spacial score (nSPS) is 14.7. The molecular formula is C28H24Cl3N5OS. The number of nitrogens with zero attached hydrogens (tertiary/aromatic N) is 3. The van der Waals surface area contributed by atoms with Gasteiger partial charge in [-0.25, -0.2) is 4.68 Å². The average molecular weight is 585 g/mol. The number of nitrogens with one attached hydrogen (secondary N) is 2. The van der Waals surface area contributed by atoms with Crippen LogP contribution in [0.2, 0.25) is 15.1 Å². The number of hydrogen-bond acceptors (Lipinski definition) is 5. The minimum Gasteiger partial charge on any atom is -0.328 e. The number of halogens is 3. The number of benzene rings is 3. The number of amides is 1. The highest BCUT2D eigenvalue weighted by Gasteiger charge is 2.37. The molecular weight excluding hydrogens is 561 g/mol. The summed E-state index contributed by atoms with van der Waals surface area (Å²) in [6.45, 7) is 5.82. The van der Waals surface area contributed by atoms with Gasteiger partial charge in [-0.05, 0) is 61.7 Å². The fourth-order valence-electron chi connectivity index (χ4n) is 4.36. The summed E-state index contributed by atoms with van der Waals surface area (Å²) in [4.78, 5) is 18.5. The third kappa shape index (κ3) is 5.16. The van der Waals surface area contributed by atoms with Crippen molar-refractivity contribution in [2.75, 3.05) is 10.6 Å². The molecule has 38 heavy (non-hydrogen) atoms. The van der Waals surface area contributed by atoms with Gasteiger partial charge >= 0.3 is 0 Å². The SMILES string of the molecule is CC1=C(C(=O)Nc2cccc(C)c2C)C(c2c(Cl)cccc2Cl)n2nc(SCc3ccccc3Cl)nc2N1. The Morgan fingerprint density at radius 1 is 0.974 bits per heavy atom. The maximum atomic E-state index is 13.8. The van der Waals surface area contributed by atoms with Gasteiger partial charge in [-0.15, -0.1) is 5.10 Å². The zero-order valence-corrected chi connectivity index (χ0v) is 23.9. The Bertz CT molecular complexity index is 1560. The molecule has 1 amide bonds. The molecule has 1 unspecified atom stereocenters. The molecule has 0 aliphatic carbocycles. The molecule has 1 aromatic heterocycles. The quantitative estimate of drug-likeness (QED) is 0.224. The summed E-state index contributed by atoms with van der Waals surface area (Å²) in [7, 11) is 0. The monoisotopic (exact) mass is 583 g/mol. The van der Waals surface area contributed by atoms with Crippen LogP contribution in [0.3, 0.4) is 0 Å². The Kier molecular flexibility index (Phi) is 7.73. The number of fused-ring (bicyclic) bond motifs is 1. The van der Waals surface area contributed by atoms with E-state index in [0.29, 0.717) is 48.8 Å². The number of aromatic nitrogens is 3. The summed E-state index contributed by atoms with van der Waals surface area (Å²) in [6.07, 6.45) is 0. The van der Waals surface area contributed by atoms with E-state index in [2.05, 4.69) is 10.6 Å². The third-order valence-electron chi connectivity index (χ3n) is 6.52. The number of thioether (sulfide) groups is 1. The number of rotatable bonds is 6. The Hall–Kier alpha value is -2.97. The van der Waals surface area contributed by atoms with Crippen molar-refractivity contribution >= 4 is 64.1 Å². The fraction of sp³-hybridized carbons (Fsp3) is 0.179. The molecule has 3 aromatic carbocycles. The van der Waals surface area contributed by atoms with Crippen LogP contribution in [0.4, 0.5) is 11.6 Å². The first-order valence-electron chi connectivity index (χ1n) is 11.9. The van der Waals surface area contributed by atoms with Crippen LogP contribution < -0.4 is 10.6 Å². The Labute approximate surface area is 240 Å². The lowest BCUT2D eigenvalue weighted by Crippen LogP contribution is -2.32. The van der Waals surface area contributed by atoms with Crippen molar-refractivity contribution < 1.29 is 4.79 Å². The van der Waals surface area contributed by atoms with E-state index < -0.39 is 6.04 Å². The van der Waals surface area contributed by atoms with Crippen molar-refractivity contribution in [3.05, 3.63) is 109 Å². The highest BCUT2D eigenvalue weighted by Crippen LogP contribution is 2.42. The van der Waals surface area contributed by atoms with Gasteiger partial charge in [-0.2, -0.15) is 4.98 Å². The molecule has 10 heteroatoms. The predicted octanol–water partition coefficient (Wildman–Crippen LogP) is 8.08. The van der Waals surface area contributed by atoms with Crippen LogP contribution in [0.1, 0.15) is 35.2 Å². The van der Waals surface area contributed by atoms with Gasteiger partial charge in [0.05, 0.1) is 5.57 Å². The second-order valence-electron chi connectivity index (χ2n) is 8.95. The van der Waals surface area contributed by atoms with E-state index in [9.17, 15) is 4.79 Å². The van der Waals surface area contributed by atoms with Gasteiger partial charge in [-0.3, -0.25) is 4.79 Å². The molecule has 0 radical (unpaired) electrons. The maximum absolute atomic E-state index is 13.8. The molecule has 4 aromatic rings. The van der Waals surface area contributed by atoms with Crippen LogP contribution in [-0.4, -0.2) is 20.7 Å². The van der Waals surface area contributed by atoms with Crippen LogP contribution in [0.25, 0.3) is 0 Å². The van der Waals surface area contributed by atoms with Gasteiger partial charge < -0.3 is 10.6 Å². The van der Waals surface area contributed by atoms with Crippen molar-refractivity contribution in [2.24, 2.45) is 0 Å². The summed E-state index contributed by atoms with van der Waals surface area (Å²) in [6, 6.07) is 18.1. The van der Waals surface area contributed by atoms with Gasteiger partial charge in [0.2, 0.25) is 11.1 Å². The molecule has 1 aliphatic rings. The lowest BCUT2D eigenvalue weighted by molar-refractivity contribution is -0.113. The molecule has 1 atom stereocenters.